The molecule has 0 aliphatic heterocycles. The number of amides is 1. The molecule has 0 aliphatic carbocycles. The molecule has 20 heavy (non-hydrogen) atoms. The maximum atomic E-state index is 11.9. The molecule has 0 radical (unpaired) electrons. The third kappa shape index (κ3) is 3.66. The normalized spacial score (nSPS) is 11.4. The van der Waals surface area contributed by atoms with Gasteiger partial charge >= 0.3 is 0 Å². The lowest BCUT2D eigenvalue weighted by atomic mass is 9.92. The van der Waals surface area contributed by atoms with Gasteiger partial charge < -0.3 is 9.88 Å². The Hall–Kier alpha value is -2.17. The van der Waals surface area contributed by atoms with Crippen molar-refractivity contribution in [2.24, 2.45) is 12.5 Å². The number of hydrogen-bond acceptors (Lipinski definition) is 3. The van der Waals surface area contributed by atoms with Crippen molar-refractivity contribution in [1.82, 2.24) is 14.8 Å². The molecule has 106 valence electrons. The summed E-state index contributed by atoms with van der Waals surface area (Å²) in [5, 5.41) is 10.9. The number of nitrogens with zero attached hydrogens (tertiary/aromatic N) is 3. The van der Waals surface area contributed by atoms with Gasteiger partial charge in [-0.2, -0.15) is 0 Å². The summed E-state index contributed by atoms with van der Waals surface area (Å²) in [5.74, 6) is 0.796. The fourth-order valence-electron chi connectivity index (χ4n) is 1.97. The van der Waals surface area contributed by atoms with Gasteiger partial charge in [0.05, 0.1) is 0 Å². The van der Waals surface area contributed by atoms with Crippen molar-refractivity contribution in [3.05, 3.63) is 30.6 Å². The Morgan fingerprint density at radius 2 is 2.10 bits per heavy atom. The number of aryl methyl sites for hydroxylation is 1. The quantitative estimate of drug-likeness (QED) is 0.934. The fourth-order valence-corrected chi connectivity index (χ4v) is 1.97. The van der Waals surface area contributed by atoms with Crippen molar-refractivity contribution in [3.63, 3.8) is 0 Å². The summed E-state index contributed by atoms with van der Waals surface area (Å²) in [7, 11) is 1.89. The van der Waals surface area contributed by atoms with Crippen LogP contribution >= 0.6 is 0 Å². The van der Waals surface area contributed by atoms with Crippen LogP contribution in [0.25, 0.3) is 11.4 Å². The lowest BCUT2D eigenvalue weighted by molar-refractivity contribution is -0.117. The van der Waals surface area contributed by atoms with Crippen LogP contribution in [0.15, 0.2) is 30.6 Å². The molecule has 1 N–H and O–H groups in total. The molecule has 0 aliphatic rings. The molecule has 0 spiro atoms. The maximum Gasteiger partial charge on any atom is 0.224 e. The summed E-state index contributed by atoms with van der Waals surface area (Å²) in [6.07, 6.45) is 2.14. The molecule has 1 amide bonds. The van der Waals surface area contributed by atoms with Crippen LogP contribution in [0.5, 0.6) is 0 Å². The highest BCUT2D eigenvalue weighted by Crippen LogP contribution is 2.22. The number of nitrogens with one attached hydrogen (secondary N) is 1. The number of carbonyl (C=O) groups excluding carboxylic acids is 1. The van der Waals surface area contributed by atoms with E-state index in [2.05, 4.69) is 15.5 Å². The average molecular weight is 272 g/mol. The molecule has 5 nitrogen and oxygen atoms in total. The van der Waals surface area contributed by atoms with E-state index < -0.39 is 0 Å². The molecule has 0 saturated carbocycles. The smallest absolute Gasteiger partial charge is 0.224 e. The Labute approximate surface area is 119 Å². The van der Waals surface area contributed by atoms with E-state index in [4.69, 9.17) is 0 Å². The van der Waals surface area contributed by atoms with Crippen LogP contribution in [-0.4, -0.2) is 20.7 Å². The first-order chi connectivity index (χ1) is 9.35. The third-order valence-corrected chi connectivity index (χ3v) is 2.81. The largest absolute Gasteiger partial charge is 0.326 e. The Bertz CT molecular complexity index is 610. The highest BCUT2D eigenvalue weighted by Gasteiger charge is 2.16. The molecule has 0 unspecified atom stereocenters. The van der Waals surface area contributed by atoms with Gasteiger partial charge in [-0.05, 0) is 17.5 Å². The Morgan fingerprint density at radius 3 is 2.70 bits per heavy atom. The highest BCUT2D eigenvalue weighted by molar-refractivity contribution is 5.91. The van der Waals surface area contributed by atoms with Gasteiger partial charge in [0.1, 0.15) is 6.33 Å². The first kappa shape index (κ1) is 14.2. The predicted octanol–water partition coefficient (Wildman–Crippen LogP) is 2.86. The zero-order valence-electron chi connectivity index (χ0n) is 12.3. The minimum Gasteiger partial charge on any atom is -0.326 e. The van der Waals surface area contributed by atoms with Crippen molar-refractivity contribution >= 4 is 11.6 Å². The Kier molecular flexibility index (Phi) is 3.88. The summed E-state index contributed by atoms with van der Waals surface area (Å²) < 4.78 is 1.84. The third-order valence-electron chi connectivity index (χ3n) is 2.81. The van der Waals surface area contributed by atoms with Crippen LogP contribution in [0.3, 0.4) is 0 Å². The molecular weight excluding hydrogens is 252 g/mol. The molecule has 0 fully saturated rings. The van der Waals surface area contributed by atoms with Crippen molar-refractivity contribution in [3.8, 4) is 11.4 Å². The minimum absolute atomic E-state index is 0.0209. The maximum absolute atomic E-state index is 11.9. The van der Waals surface area contributed by atoms with Crippen LogP contribution in [0.2, 0.25) is 0 Å². The van der Waals surface area contributed by atoms with Gasteiger partial charge in [0, 0.05) is 24.7 Å². The fraction of sp³-hybridized carbons (Fsp3) is 0.400. The molecule has 0 saturated heterocycles. The van der Waals surface area contributed by atoms with Crippen LogP contribution < -0.4 is 5.32 Å². The predicted molar refractivity (Wildman–Crippen MR) is 79.1 cm³/mol. The number of aromatic nitrogens is 3. The van der Waals surface area contributed by atoms with E-state index in [9.17, 15) is 4.79 Å². The molecule has 0 bridgehead atoms. The topological polar surface area (TPSA) is 59.8 Å². The zero-order chi connectivity index (χ0) is 14.8. The summed E-state index contributed by atoms with van der Waals surface area (Å²) in [5.41, 5.74) is 1.68. The minimum atomic E-state index is -0.0225. The summed E-state index contributed by atoms with van der Waals surface area (Å²) in [6.45, 7) is 6.13. The van der Waals surface area contributed by atoms with Crippen LogP contribution in [0, 0.1) is 5.41 Å². The van der Waals surface area contributed by atoms with Gasteiger partial charge in [-0.3, -0.25) is 4.79 Å². The van der Waals surface area contributed by atoms with E-state index in [1.165, 1.54) is 0 Å². The van der Waals surface area contributed by atoms with E-state index in [-0.39, 0.29) is 11.3 Å². The SMILES string of the molecule is Cn1cnnc1-c1cccc(NC(=O)CC(C)(C)C)c1. The van der Waals surface area contributed by atoms with Gasteiger partial charge in [0.2, 0.25) is 5.91 Å². The van der Waals surface area contributed by atoms with Gasteiger partial charge in [-0.25, -0.2) is 0 Å². The number of anilines is 1. The molecule has 1 aromatic heterocycles. The molecule has 1 heterocycles. The monoisotopic (exact) mass is 272 g/mol. The molecule has 0 atom stereocenters. The lowest BCUT2D eigenvalue weighted by Crippen LogP contribution is -2.19. The van der Waals surface area contributed by atoms with Crippen molar-refractivity contribution in [1.29, 1.82) is 0 Å². The molecular formula is C15H20N4O. The van der Waals surface area contributed by atoms with E-state index in [1.54, 1.807) is 6.33 Å². The van der Waals surface area contributed by atoms with E-state index in [0.717, 1.165) is 17.1 Å². The van der Waals surface area contributed by atoms with Gasteiger partial charge in [-0.15, -0.1) is 10.2 Å². The molecule has 5 heteroatoms. The summed E-state index contributed by atoms with van der Waals surface area (Å²) >= 11 is 0. The van der Waals surface area contributed by atoms with Gasteiger partial charge in [0.25, 0.3) is 0 Å². The van der Waals surface area contributed by atoms with Crippen molar-refractivity contribution < 1.29 is 4.79 Å². The molecule has 1 aromatic carbocycles. The van der Waals surface area contributed by atoms with Crippen LogP contribution in [0.1, 0.15) is 27.2 Å². The molecule has 2 rings (SSSR count). The highest BCUT2D eigenvalue weighted by atomic mass is 16.1. The van der Waals surface area contributed by atoms with Gasteiger partial charge in [-0.1, -0.05) is 32.9 Å². The number of benzene rings is 1. The van der Waals surface area contributed by atoms with Crippen molar-refractivity contribution in [2.45, 2.75) is 27.2 Å². The van der Waals surface area contributed by atoms with Gasteiger partial charge in [0.15, 0.2) is 5.82 Å². The first-order valence-corrected chi connectivity index (χ1v) is 6.59. The first-order valence-electron chi connectivity index (χ1n) is 6.59. The van der Waals surface area contributed by atoms with E-state index in [0.29, 0.717) is 6.42 Å². The Balaban J connectivity index is 2.15. The average Bonchev–Trinajstić information content (AvgIpc) is 2.73. The van der Waals surface area contributed by atoms with Crippen LogP contribution in [-0.2, 0) is 11.8 Å². The number of hydrogen-bond donors (Lipinski definition) is 1. The second-order valence-corrected chi connectivity index (χ2v) is 6.13. The molecule has 2 aromatic rings. The summed E-state index contributed by atoms with van der Waals surface area (Å²) in [6, 6.07) is 7.63. The number of rotatable bonds is 3. The second kappa shape index (κ2) is 5.45. The van der Waals surface area contributed by atoms with Crippen LogP contribution in [0.4, 0.5) is 5.69 Å². The van der Waals surface area contributed by atoms with E-state index >= 15 is 0 Å². The lowest BCUT2D eigenvalue weighted by Gasteiger charge is -2.17. The standard InChI is InChI=1S/C15H20N4O/c1-15(2,3)9-13(20)17-12-7-5-6-11(8-12)14-18-16-10-19(14)4/h5-8,10H,9H2,1-4H3,(H,17,20). The van der Waals surface area contributed by atoms with Crippen molar-refractivity contribution in [2.75, 3.05) is 5.32 Å². The second-order valence-electron chi connectivity index (χ2n) is 6.13. The Morgan fingerprint density at radius 1 is 1.35 bits per heavy atom. The summed E-state index contributed by atoms with van der Waals surface area (Å²) in [4.78, 5) is 11.9. The number of carbonyl (C=O) groups is 1. The zero-order valence-corrected chi connectivity index (χ0v) is 12.3. The van der Waals surface area contributed by atoms with E-state index in [1.807, 2.05) is 56.7 Å².